The van der Waals surface area contributed by atoms with Gasteiger partial charge in [0.15, 0.2) is 10.2 Å². The largest absolute Gasteiger partial charge is 0.478 e. The molecule has 0 radical (unpaired) electrons. The zero-order chi connectivity index (χ0) is 14.0. The smallest absolute Gasteiger partial charge is 0.337 e. The number of carboxylic acid groups (broad SMARTS) is 1. The fourth-order valence-electron chi connectivity index (χ4n) is 1.23. The lowest BCUT2D eigenvalue weighted by molar-refractivity contribution is -0.388. The number of aromatic nitrogens is 4. The molecule has 0 atom stereocenters. The predicted octanol–water partition coefficient (Wildman–Crippen LogP) is 0.968. The van der Waals surface area contributed by atoms with E-state index in [4.69, 9.17) is 5.11 Å². The minimum Gasteiger partial charge on any atom is -0.478 e. The number of nitrogens with zero attached hydrogens (tertiary/aromatic N) is 5. The SMILES string of the molecule is Cn1ncnc1Sc1ncc(C(=O)O)cc1[N+](=O)[O-]. The maximum absolute atomic E-state index is 10.9. The van der Waals surface area contributed by atoms with Crippen LogP contribution in [-0.4, -0.2) is 35.7 Å². The first kappa shape index (κ1) is 13.0. The summed E-state index contributed by atoms with van der Waals surface area (Å²) in [5.74, 6) is -1.27. The third-order valence-corrected chi connectivity index (χ3v) is 3.19. The highest BCUT2D eigenvalue weighted by molar-refractivity contribution is 7.99. The number of carboxylic acids is 1. The van der Waals surface area contributed by atoms with Crippen molar-refractivity contribution in [3.8, 4) is 0 Å². The monoisotopic (exact) mass is 281 g/mol. The number of hydrogen-bond donors (Lipinski definition) is 1. The molecule has 0 bridgehead atoms. The summed E-state index contributed by atoms with van der Waals surface area (Å²) >= 11 is 0.940. The highest BCUT2D eigenvalue weighted by atomic mass is 32.2. The Labute approximate surface area is 110 Å². The van der Waals surface area contributed by atoms with Crippen molar-refractivity contribution < 1.29 is 14.8 Å². The van der Waals surface area contributed by atoms with Gasteiger partial charge in [0.25, 0.3) is 0 Å². The van der Waals surface area contributed by atoms with Crippen molar-refractivity contribution in [3.05, 3.63) is 34.3 Å². The number of aromatic carboxylic acids is 1. The zero-order valence-electron chi connectivity index (χ0n) is 9.55. The molecule has 9 nitrogen and oxygen atoms in total. The van der Waals surface area contributed by atoms with Gasteiger partial charge in [0, 0.05) is 19.3 Å². The molecule has 0 aliphatic rings. The highest BCUT2D eigenvalue weighted by Gasteiger charge is 2.21. The Hall–Kier alpha value is -2.49. The highest BCUT2D eigenvalue weighted by Crippen LogP contribution is 2.31. The molecule has 0 saturated carbocycles. The summed E-state index contributed by atoms with van der Waals surface area (Å²) in [6, 6.07) is 0.966. The van der Waals surface area contributed by atoms with Gasteiger partial charge in [-0.25, -0.2) is 19.4 Å². The summed E-state index contributed by atoms with van der Waals surface area (Å²) in [6.45, 7) is 0. The second-order valence-electron chi connectivity index (χ2n) is 3.38. The van der Waals surface area contributed by atoms with Crippen molar-refractivity contribution in [2.24, 2.45) is 7.05 Å². The molecule has 0 saturated heterocycles. The molecular formula is C9H7N5O4S. The number of hydrogen-bond acceptors (Lipinski definition) is 7. The fourth-order valence-corrected chi connectivity index (χ4v) is 2.03. The zero-order valence-corrected chi connectivity index (χ0v) is 10.4. The van der Waals surface area contributed by atoms with Gasteiger partial charge in [-0.2, -0.15) is 5.10 Å². The molecule has 0 aliphatic heterocycles. The van der Waals surface area contributed by atoms with Crippen LogP contribution in [0.5, 0.6) is 0 Å². The van der Waals surface area contributed by atoms with Gasteiger partial charge < -0.3 is 5.11 Å². The lowest BCUT2D eigenvalue weighted by atomic mass is 10.3. The van der Waals surface area contributed by atoms with Crippen LogP contribution in [0, 0.1) is 10.1 Å². The molecule has 0 fully saturated rings. The first-order valence-corrected chi connectivity index (χ1v) is 5.70. The summed E-state index contributed by atoms with van der Waals surface area (Å²) < 4.78 is 1.43. The van der Waals surface area contributed by atoms with E-state index in [0.29, 0.717) is 5.16 Å². The maximum atomic E-state index is 10.9. The Morgan fingerprint density at radius 3 is 2.79 bits per heavy atom. The normalized spacial score (nSPS) is 10.4. The first-order valence-electron chi connectivity index (χ1n) is 4.88. The van der Waals surface area contributed by atoms with E-state index >= 15 is 0 Å². The van der Waals surface area contributed by atoms with Gasteiger partial charge in [-0.3, -0.25) is 10.1 Å². The van der Waals surface area contributed by atoms with Crippen LogP contribution < -0.4 is 0 Å². The summed E-state index contributed by atoms with van der Waals surface area (Å²) in [7, 11) is 1.63. The van der Waals surface area contributed by atoms with E-state index in [0.717, 1.165) is 24.0 Å². The van der Waals surface area contributed by atoms with Crippen molar-refractivity contribution in [3.63, 3.8) is 0 Å². The Balaban J connectivity index is 2.43. The Kier molecular flexibility index (Phi) is 3.42. The number of nitro groups is 1. The molecule has 2 aromatic heterocycles. The molecule has 0 unspecified atom stereocenters. The third-order valence-electron chi connectivity index (χ3n) is 2.13. The maximum Gasteiger partial charge on any atom is 0.337 e. The van der Waals surface area contributed by atoms with Crippen LogP contribution in [0.25, 0.3) is 0 Å². The molecule has 10 heteroatoms. The molecule has 2 rings (SSSR count). The standard InChI is InChI=1S/C9H7N5O4S/c1-13-9(11-4-12-13)19-7-6(14(17)18)2-5(3-10-7)8(15)16/h2-4H,1H3,(H,15,16). The molecule has 2 heterocycles. The minimum absolute atomic E-state index is 0.0612. The van der Waals surface area contributed by atoms with Gasteiger partial charge >= 0.3 is 11.7 Å². The van der Waals surface area contributed by atoms with Crippen molar-refractivity contribution in [1.29, 1.82) is 0 Å². The first-order chi connectivity index (χ1) is 8.99. The van der Waals surface area contributed by atoms with Crippen LogP contribution in [0.15, 0.2) is 28.8 Å². The van der Waals surface area contributed by atoms with Crippen molar-refractivity contribution in [2.45, 2.75) is 10.2 Å². The lowest BCUT2D eigenvalue weighted by Crippen LogP contribution is -2.02. The molecule has 0 aromatic carbocycles. The van der Waals surface area contributed by atoms with Crippen LogP contribution in [0.1, 0.15) is 10.4 Å². The average molecular weight is 281 g/mol. The van der Waals surface area contributed by atoms with Gasteiger partial charge in [-0.05, 0) is 11.8 Å². The Morgan fingerprint density at radius 2 is 2.26 bits per heavy atom. The second kappa shape index (κ2) is 5.02. The molecule has 98 valence electrons. The summed E-state index contributed by atoms with van der Waals surface area (Å²) in [5, 5.41) is 24.0. The average Bonchev–Trinajstić information content (AvgIpc) is 2.75. The van der Waals surface area contributed by atoms with Crippen LogP contribution in [-0.2, 0) is 7.05 Å². The Morgan fingerprint density at radius 1 is 1.53 bits per heavy atom. The lowest BCUT2D eigenvalue weighted by Gasteiger charge is -2.02. The van der Waals surface area contributed by atoms with E-state index in [1.165, 1.54) is 11.0 Å². The van der Waals surface area contributed by atoms with E-state index in [1.807, 2.05) is 0 Å². The van der Waals surface area contributed by atoms with Crippen molar-refractivity contribution in [1.82, 2.24) is 19.7 Å². The van der Waals surface area contributed by atoms with Crippen molar-refractivity contribution >= 4 is 23.4 Å². The summed E-state index contributed by atoms with van der Waals surface area (Å²) in [6.07, 6.45) is 2.37. The van der Waals surface area contributed by atoms with E-state index < -0.39 is 10.9 Å². The molecule has 2 aromatic rings. The Bertz CT molecular complexity index is 656. The molecule has 19 heavy (non-hydrogen) atoms. The van der Waals surface area contributed by atoms with E-state index in [2.05, 4.69) is 15.1 Å². The van der Waals surface area contributed by atoms with Crippen LogP contribution in [0.2, 0.25) is 0 Å². The number of rotatable bonds is 4. The van der Waals surface area contributed by atoms with Crippen LogP contribution in [0.4, 0.5) is 5.69 Å². The third kappa shape index (κ3) is 2.68. The quantitative estimate of drug-likeness (QED) is 0.649. The van der Waals surface area contributed by atoms with Crippen LogP contribution in [0.3, 0.4) is 0 Å². The van der Waals surface area contributed by atoms with Gasteiger partial charge in [0.05, 0.1) is 10.5 Å². The molecule has 0 aliphatic carbocycles. The molecule has 0 amide bonds. The second-order valence-corrected chi connectivity index (χ2v) is 4.33. The minimum atomic E-state index is -1.27. The molecule has 1 N–H and O–H groups in total. The van der Waals surface area contributed by atoms with E-state index in [1.54, 1.807) is 7.05 Å². The van der Waals surface area contributed by atoms with E-state index in [9.17, 15) is 14.9 Å². The predicted molar refractivity (Wildman–Crippen MR) is 63.0 cm³/mol. The van der Waals surface area contributed by atoms with Crippen molar-refractivity contribution in [2.75, 3.05) is 0 Å². The topological polar surface area (TPSA) is 124 Å². The fraction of sp³-hybridized carbons (Fsp3) is 0.111. The molecular weight excluding hydrogens is 274 g/mol. The van der Waals surface area contributed by atoms with Gasteiger partial charge in [-0.15, -0.1) is 0 Å². The van der Waals surface area contributed by atoms with Gasteiger partial charge in [0.2, 0.25) is 0 Å². The van der Waals surface area contributed by atoms with Gasteiger partial charge in [0.1, 0.15) is 6.33 Å². The van der Waals surface area contributed by atoms with Gasteiger partial charge in [-0.1, -0.05) is 0 Å². The summed E-state index contributed by atoms with van der Waals surface area (Å²) in [4.78, 5) is 28.7. The van der Waals surface area contributed by atoms with E-state index in [-0.39, 0.29) is 16.3 Å². The summed E-state index contributed by atoms with van der Waals surface area (Å²) in [5.41, 5.74) is -0.623. The number of carbonyl (C=O) groups is 1. The number of aryl methyl sites for hydroxylation is 1. The number of pyridine rings is 1. The van der Waals surface area contributed by atoms with Crippen LogP contribution >= 0.6 is 11.8 Å². The molecule has 0 spiro atoms.